The maximum atomic E-state index is 11.0. The molecule has 0 spiro atoms. The molecule has 2 aromatic rings. The molecule has 0 aliphatic heterocycles. The lowest BCUT2D eigenvalue weighted by atomic mass is 10.1. The molecule has 0 radical (unpaired) electrons. The van der Waals surface area contributed by atoms with Gasteiger partial charge >= 0.3 is 5.97 Å². The van der Waals surface area contributed by atoms with Crippen molar-refractivity contribution in [3.8, 4) is 0 Å². The van der Waals surface area contributed by atoms with Gasteiger partial charge in [0.05, 0.1) is 6.42 Å². The van der Waals surface area contributed by atoms with Crippen molar-refractivity contribution in [2.24, 2.45) is 0 Å². The molecule has 1 amide bonds. The first-order valence-corrected chi connectivity index (χ1v) is 5.15. The van der Waals surface area contributed by atoms with E-state index in [0.717, 1.165) is 10.9 Å². The Balaban J connectivity index is 2.50. The number of carboxylic acid groups (broad SMARTS) is 1. The molecular weight excluding hydrogens is 220 g/mol. The molecule has 17 heavy (non-hydrogen) atoms. The highest BCUT2D eigenvalue weighted by molar-refractivity contribution is 5.94. The first-order valence-electron chi connectivity index (χ1n) is 5.15. The minimum Gasteiger partial charge on any atom is -0.481 e. The molecule has 5 nitrogen and oxygen atoms in total. The van der Waals surface area contributed by atoms with Crippen LogP contribution in [0, 0.1) is 0 Å². The van der Waals surface area contributed by atoms with E-state index in [1.54, 1.807) is 18.3 Å². The molecule has 1 heterocycles. The Bertz CT molecular complexity index is 586. The van der Waals surface area contributed by atoms with Crippen molar-refractivity contribution in [2.45, 2.75) is 13.3 Å². The number of amides is 1. The Morgan fingerprint density at radius 1 is 1.41 bits per heavy atom. The number of fused-ring (bicyclic) bond motifs is 1. The zero-order valence-corrected chi connectivity index (χ0v) is 9.28. The standard InChI is InChI=1S/C12H12N2O3/c1-7(15)14-9-4-8(5-12(16)17)10-2-3-13-11(10)6-9/h2-4,6,13H,5H2,1H3,(H,14,15)(H,16,17). The Labute approximate surface area is 97.4 Å². The summed E-state index contributed by atoms with van der Waals surface area (Å²) in [5, 5.41) is 12.4. The Kier molecular flexibility index (Phi) is 2.82. The summed E-state index contributed by atoms with van der Waals surface area (Å²) in [6.07, 6.45) is 1.68. The fourth-order valence-corrected chi connectivity index (χ4v) is 1.83. The van der Waals surface area contributed by atoms with E-state index in [1.165, 1.54) is 6.92 Å². The zero-order valence-electron chi connectivity index (χ0n) is 9.28. The van der Waals surface area contributed by atoms with Gasteiger partial charge in [-0.2, -0.15) is 0 Å². The van der Waals surface area contributed by atoms with Crippen molar-refractivity contribution >= 4 is 28.5 Å². The summed E-state index contributed by atoms with van der Waals surface area (Å²) in [6, 6.07) is 5.29. The lowest BCUT2D eigenvalue weighted by Crippen LogP contribution is -2.07. The smallest absolute Gasteiger partial charge is 0.307 e. The van der Waals surface area contributed by atoms with Crippen LogP contribution in [-0.4, -0.2) is 22.0 Å². The van der Waals surface area contributed by atoms with Gasteiger partial charge in [-0.05, 0) is 23.8 Å². The van der Waals surface area contributed by atoms with E-state index in [-0.39, 0.29) is 12.3 Å². The van der Waals surface area contributed by atoms with Crippen LogP contribution in [0.2, 0.25) is 0 Å². The van der Waals surface area contributed by atoms with E-state index < -0.39 is 5.97 Å². The molecule has 0 saturated heterocycles. The number of hydrogen-bond donors (Lipinski definition) is 3. The second-order valence-electron chi connectivity index (χ2n) is 3.83. The van der Waals surface area contributed by atoms with E-state index in [1.807, 2.05) is 6.07 Å². The number of carbonyl (C=O) groups is 2. The molecule has 0 saturated carbocycles. The number of benzene rings is 1. The van der Waals surface area contributed by atoms with Crippen LogP contribution < -0.4 is 5.32 Å². The lowest BCUT2D eigenvalue weighted by Gasteiger charge is -2.06. The summed E-state index contributed by atoms with van der Waals surface area (Å²) in [6.45, 7) is 1.41. The Morgan fingerprint density at radius 2 is 2.18 bits per heavy atom. The number of nitrogens with one attached hydrogen (secondary N) is 2. The molecule has 2 rings (SSSR count). The molecule has 0 fully saturated rings. The number of aliphatic carboxylic acids is 1. The number of aromatic amines is 1. The monoisotopic (exact) mass is 232 g/mol. The number of rotatable bonds is 3. The van der Waals surface area contributed by atoms with Crippen molar-refractivity contribution < 1.29 is 14.7 Å². The number of anilines is 1. The molecule has 88 valence electrons. The minimum atomic E-state index is -0.896. The van der Waals surface area contributed by atoms with Crippen LogP contribution in [0.25, 0.3) is 10.9 Å². The van der Waals surface area contributed by atoms with E-state index in [9.17, 15) is 9.59 Å². The maximum Gasteiger partial charge on any atom is 0.307 e. The lowest BCUT2D eigenvalue weighted by molar-refractivity contribution is -0.136. The summed E-state index contributed by atoms with van der Waals surface area (Å²) in [4.78, 5) is 24.8. The van der Waals surface area contributed by atoms with Crippen molar-refractivity contribution in [2.75, 3.05) is 5.32 Å². The van der Waals surface area contributed by atoms with Crippen molar-refractivity contribution in [3.05, 3.63) is 30.0 Å². The number of aromatic nitrogens is 1. The topological polar surface area (TPSA) is 82.2 Å². The fourth-order valence-electron chi connectivity index (χ4n) is 1.83. The van der Waals surface area contributed by atoms with Crippen LogP contribution in [0.3, 0.4) is 0 Å². The minimum absolute atomic E-state index is 0.0677. The molecule has 5 heteroatoms. The third-order valence-corrected chi connectivity index (χ3v) is 2.42. The summed E-state index contributed by atoms with van der Waals surface area (Å²) < 4.78 is 0. The maximum absolute atomic E-state index is 11.0. The van der Waals surface area contributed by atoms with Crippen molar-refractivity contribution in [1.29, 1.82) is 0 Å². The average Bonchev–Trinajstić information content (AvgIpc) is 2.63. The number of H-pyrrole nitrogens is 1. The first-order chi connectivity index (χ1) is 8.06. The van der Waals surface area contributed by atoms with E-state index in [2.05, 4.69) is 10.3 Å². The van der Waals surface area contributed by atoms with Gasteiger partial charge < -0.3 is 15.4 Å². The summed E-state index contributed by atoms with van der Waals surface area (Å²) in [7, 11) is 0. The third-order valence-electron chi connectivity index (χ3n) is 2.42. The summed E-state index contributed by atoms with van der Waals surface area (Å²) in [5.74, 6) is -1.08. The van der Waals surface area contributed by atoms with Gasteiger partial charge in [0.15, 0.2) is 0 Å². The number of hydrogen-bond acceptors (Lipinski definition) is 2. The first kappa shape index (κ1) is 11.2. The van der Waals surface area contributed by atoms with Crippen LogP contribution in [0.15, 0.2) is 24.4 Å². The third kappa shape index (κ3) is 2.44. The Hall–Kier alpha value is -2.30. The van der Waals surface area contributed by atoms with Crippen LogP contribution in [0.4, 0.5) is 5.69 Å². The van der Waals surface area contributed by atoms with E-state index in [0.29, 0.717) is 11.3 Å². The van der Waals surface area contributed by atoms with Gasteiger partial charge in [0.1, 0.15) is 0 Å². The van der Waals surface area contributed by atoms with Gasteiger partial charge in [0, 0.05) is 29.7 Å². The van der Waals surface area contributed by atoms with E-state index in [4.69, 9.17) is 5.11 Å². The number of carbonyl (C=O) groups excluding carboxylic acids is 1. The quantitative estimate of drug-likeness (QED) is 0.754. The molecule has 3 N–H and O–H groups in total. The van der Waals surface area contributed by atoms with Crippen molar-refractivity contribution in [1.82, 2.24) is 4.98 Å². The highest BCUT2D eigenvalue weighted by Gasteiger charge is 2.09. The normalized spacial score (nSPS) is 10.4. The molecule has 1 aromatic heterocycles. The van der Waals surface area contributed by atoms with Crippen LogP contribution in [-0.2, 0) is 16.0 Å². The Morgan fingerprint density at radius 3 is 2.82 bits per heavy atom. The van der Waals surface area contributed by atoms with Gasteiger partial charge in [-0.15, -0.1) is 0 Å². The SMILES string of the molecule is CC(=O)Nc1cc(CC(=O)O)c2cc[nH]c2c1. The second kappa shape index (κ2) is 4.29. The van der Waals surface area contributed by atoms with Gasteiger partial charge in [-0.25, -0.2) is 0 Å². The van der Waals surface area contributed by atoms with Crippen molar-refractivity contribution in [3.63, 3.8) is 0 Å². The molecule has 1 aromatic carbocycles. The summed E-state index contributed by atoms with van der Waals surface area (Å²) >= 11 is 0. The fraction of sp³-hybridized carbons (Fsp3) is 0.167. The molecule has 0 bridgehead atoms. The highest BCUT2D eigenvalue weighted by Crippen LogP contribution is 2.23. The average molecular weight is 232 g/mol. The second-order valence-corrected chi connectivity index (χ2v) is 3.83. The van der Waals surface area contributed by atoms with Gasteiger partial charge in [-0.1, -0.05) is 0 Å². The van der Waals surface area contributed by atoms with Gasteiger partial charge in [0.2, 0.25) is 5.91 Å². The largest absolute Gasteiger partial charge is 0.481 e. The van der Waals surface area contributed by atoms with Gasteiger partial charge in [0.25, 0.3) is 0 Å². The van der Waals surface area contributed by atoms with Gasteiger partial charge in [-0.3, -0.25) is 9.59 Å². The summed E-state index contributed by atoms with van der Waals surface area (Å²) in [5.41, 5.74) is 2.09. The zero-order chi connectivity index (χ0) is 12.4. The molecule has 0 atom stereocenters. The van der Waals surface area contributed by atoms with Crippen LogP contribution >= 0.6 is 0 Å². The predicted molar refractivity (Wildman–Crippen MR) is 63.9 cm³/mol. The van der Waals surface area contributed by atoms with E-state index >= 15 is 0 Å². The van der Waals surface area contributed by atoms with Crippen LogP contribution in [0.1, 0.15) is 12.5 Å². The number of carboxylic acids is 1. The molecule has 0 unspecified atom stereocenters. The molecule has 0 aliphatic carbocycles. The molecule has 0 aliphatic rings. The molecular formula is C12H12N2O3. The van der Waals surface area contributed by atoms with Crippen LogP contribution in [0.5, 0.6) is 0 Å². The predicted octanol–water partition coefficient (Wildman–Crippen LogP) is 1.75. The highest BCUT2D eigenvalue weighted by atomic mass is 16.4.